The average molecular weight is 564 g/mol. The molecule has 3 aromatic rings. The number of aryl methyl sites for hydroxylation is 1. The van der Waals surface area contributed by atoms with Crippen molar-refractivity contribution in [1.29, 1.82) is 0 Å². The van der Waals surface area contributed by atoms with Crippen LogP contribution in [0.25, 0.3) is 0 Å². The molecule has 214 valence electrons. The standard InChI is InChI=1S/C31H32F3N5O2/c1-28(7-4-8-28)35-14-19-9-23-24(25(10-19)31(32,33)34)15-39(26(23)41)21-6-3-5-20(11-21)30(27-37-36-18-38(27)2)16-29(17-30)12-22(40)13-29/h3,5-6,9-11,18,35H,4,7-8,12-17H2,1-2H3. The molecule has 3 aliphatic carbocycles. The molecular formula is C31H32F3N5O2. The molecule has 1 aromatic heterocycles. The minimum absolute atomic E-state index is 0.0186. The van der Waals surface area contributed by atoms with Crippen LogP contribution in [-0.2, 0) is 36.5 Å². The van der Waals surface area contributed by atoms with Crippen LogP contribution in [0.15, 0.2) is 42.7 Å². The largest absolute Gasteiger partial charge is 0.416 e. The molecule has 0 saturated heterocycles. The van der Waals surface area contributed by atoms with Crippen molar-refractivity contribution in [3.8, 4) is 0 Å². The lowest BCUT2D eigenvalue weighted by Gasteiger charge is -2.59. The van der Waals surface area contributed by atoms with E-state index in [4.69, 9.17) is 0 Å². The zero-order valence-electron chi connectivity index (χ0n) is 23.1. The SMILES string of the molecule is Cn1cnnc1C1(c2cccc(N3Cc4c(cc(CNC5(C)CCC5)cc4C(F)(F)F)C3=O)c2)CC2(CC(=O)C2)C1. The number of alkyl halides is 3. The van der Waals surface area contributed by atoms with Crippen molar-refractivity contribution < 1.29 is 22.8 Å². The van der Waals surface area contributed by atoms with Gasteiger partial charge in [-0.15, -0.1) is 10.2 Å². The molecule has 3 fully saturated rings. The number of amides is 1. The number of aromatic nitrogens is 3. The van der Waals surface area contributed by atoms with Gasteiger partial charge in [-0.2, -0.15) is 13.2 Å². The van der Waals surface area contributed by atoms with Crippen molar-refractivity contribution in [2.24, 2.45) is 12.5 Å². The molecule has 2 aromatic carbocycles. The number of ketones is 1. The van der Waals surface area contributed by atoms with Gasteiger partial charge in [0, 0.05) is 43.2 Å². The van der Waals surface area contributed by atoms with Crippen LogP contribution >= 0.6 is 0 Å². The molecule has 41 heavy (non-hydrogen) atoms. The van der Waals surface area contributed by atoms with Crippen LogP contribution in [-0.4, -0.2) is 32.0 Å². The van der Waals surface area contributed by atoms with Gasteiger partial charge in [0.2, 0.25) is 0 Å². The molecule has 0 atom stereocenters. The van der Waals surface area contributed by atoms with Crippen molar-refractivity contribution in [3.05, 3.63) is 76.4 Å². The lowest BCUT2D eigenvalue weighted by Crippen LogP contribution is -2.57. The molecule has 1 spiro atoms. The molecule has 0 bridgehead atoms. The Bertz CT molecular complexity index is 1570. The Hall–Kier alpha value is -3.53. The van der Waals surface area contributed by atoms with Gasteiger partial charge >= 0.3 is 6.18 Å². The molecule has 7 nitrogen and oxygen atoms in total. The lowest BCUT2D eigenvalue weighted by molar-refractivity contribution is -0.143. The van der Waals surface area contributed by atoms with Gasteiger partial charge in [-0.25, -0.2) is 0 Å². The molecule has 2 heterocycles. The quantitative estimate of drug-likeness (QED) is 0.431. The summed E-state index contributed by atoms with van der Waals surface area (Å²) < 4.78 is 44.6. The summed E-state index contributed by atoms with van der Waals surface area (Å²) >= 11 is 0. The monoisotopic (exact) mass is 563 g/mol. The molecule has 1 aliphatic heterocycles. The van der Waals surface area contributed by atoms with E-state index in [1.54, 1.807) is 18.5 Å². The van der Waals surface area contributed by atoms with Gasteiger partial charge in [0.25, 0.3) is 5.91 Å². The number of anilines is 1. The number of benzene rings is 2. The second-order valence-corrected chi connectivity index (χ2v) is 13.0. The van der Waals surface area contributed by atoms with Crippen LogP contribution < -0.4 is 10.2 Å². The first-order valence-corrected chi connectivity index (χ1v) is 14.2. The predicted molar refractivity (Wildman–Crippen MR) is 145 cm³/mol. The third-order valence-electron chi connectivity index (χ3n) is 9.93. The molecule has 1 N–H and O–H groups in total. The fourth-order valence-electron chi connectivity index (χ4n) is 7.67. The summed E-state index contributed by atoms with van der Waals surface area (Å²) in [6.45, 7) is 2.21. The molecule has 10 heteroatoms. The van der Waals surface area contributed by atoms with E-state index in [1.807, 2.05) is 29.8 Å². The Morgan fingerprint density at radius 3 is 2.44 bits per heavy atom. The van der Waals surface area contributed by atoms with E-state index in [0.29, 0.717) is 24.1 Å². The van der Waals surface area contributed by atoms with E-state index in [-0.39, 0.29) is 41.0 Å². The summed E-state index contributed by atoms with van der Waals surface area (Å²) in [5.41, 5.74) is 0.726. The minimum Gasteiger partial charge on any atom is -0.320 e. The minimum atomic E-state index is -4.58. The molecular weight excluding hydrogens is 531 g/mol. The number of nitrogens with one attached hydrogen (secondary N) is 1. The number of carbonyl (C=O) groups excluding carboxylic acids is 2. The van der Waals surface area contributed by atoms with Crippen LogP contribution in [0.2, 0.25) is 0 Å². The lowest BCUT2D eigenvalue weighted by atomic mass is 9.43. The summed E-state index contributed by atoms with van der Waals surface area (Å²) in [5.74, 6) is 0.622. The van der Waals surface area contributed by atoms with Crippen LogP contribution in [0.1, 0.15) is 90.3 Å². The van der Waals surface area contributed by atoms with E-state index >= 15 is 0 Å². The van der Waals surface area contributed by atoms with Gasteiger partial charge in [-0.3, -0.25) is 9.59 Å². The number of rotatable bonds is 6. The van der Waals surface area contributed by atoms with E-state index in [1.165, 1.54) is 11.0 Å². The molecule has 3 saturated carbocycles. The predicted octanol–water partition coefficient (Wildman–Crippen LogP) is 5.46. The Morgan fingerprint density at radius 2 is 1.83 bits per heavy atom. The second-order valence-electron chi connectivity index (χ2n) is 13.0. The second kappa shape index (κ2) is 8.74. The van der Waals surface area contributed by atoms with Gasteiger partial charge < -0.3 is 14.8 Å². The maximum Gasteiger partial charge on any atom is 0.416 e. The Morgan fingerprint density at radius 1 is 1.07 bits per heavy atom. The molecule has 0 radical (unpaired) electrons. The van der Waals surface area contributed by atoms with Crippen molar-refractivity contribution >= 4 is 17.4 Å². The molecule has 4 aliphatic rings. The highest BCUT2D eigenvalue weighted by molar-refractivity contribution is 6.10. The Kier molecular flexibility index (Phi) is 5.62. The smallest absolute Gasteiger partial charge is 0.320 e. The van der Waals surface area contributed by atoms with Crippen molar-refractivity contribution in [1.82, 2.24) is 20.1 Å². The summed E-state index contributed by atoms with van der Waals surface area (Å²) in [6, 6.07) is 10.3. The maximum atomic E-state index is 14.3. The van der Waals surface area contributed by atoms with Gasteiger partial charge in [-0.1, -0.05) is 12.1 Å². The topological polar surface area (TPSA) is 80.1 Å². The first kappa shape index (κ1) is 26.4. The maximum absolute atomic E-state index is 14.3. The Balaban J connectivity index is 1.22. The summed E-state index contributed by atoms with van der Waals surface area (Å²) in [6.07, 6.45) is 2.74. The van der Waals surface area contributed by atoms with Crippen molar-refractivity contribution in [2.75, 3.05) is 4.90 Å². The van der Waals surface area contributed by atoms with Crippen LogP contribution in [0.5, 0.6) is 0 Å². The normalized spacial score (nSPS) is 21.8. The number of hydrogen-bond acceptors (Lipinski definition) is 5. The average Bonchev–Trinajstić information content (AvgIpc) is 3.45. The van der Waals surface area contributed by atoms with Gasteiger partial charge in [0.15, 0.2) is 0 Å². The van der Waals surface area contributed by atoms with Gasteiger partial charge in [0.1, 0.15) is 17.9 Å². The third kappa shape index (κ3) is 4.13. The zero-order valence-corrected chi connectivity index (χ0v) is 23.1. The molecule has 1 amide bonds. The van der Waals surface area contributed by atoms with Gasteiger partial charge in [-0.05, 0) is 85.4 Å². The fraction of sp³-hybridized carbons (Fsp3) is 0.484. The highest BCUT2D eigenvalue weighted by Gasteiger charge is 2.63. The number of halogens is 3. The van der Waals surface area contributed by atoms with Crippen LogP contribution in [0.4, 0.5) is 18.9 Å². The highest BCUT2D eigenvalue weighted by Crippen LogP contribution is 2.66. The zero-order chi connectivity index (χ0) is 28.8. The van der Waals surface area contributed by atoms with Crippen LogP contribution in [0, 0.1) is 5.41 Å². The molecule has 0 unspecified atom stereocenters. The van der Waals surface area contributed by atoms with E-state index in [9.17, 15) is 22.8 Å². The number of carbonyl (C=O) groups is 2. The van der Waals surface area contributed by atoms with Crippen molar-refractivity contribution in [3.63, 3.8) is 0 Å². The summed E-state index contributed by atoms with van der Waals surface area (Å²) in [4.78, 5) is 27.0. The summed E-state index contributed by atoms with van der Waals surface area (Å²) in [7, 11) is 1.88. The number of nitrogens with zero attached hydrogens (tertiary/aromatic N) is 4. The van der Waals surface area contributed by atoms with Gasteiger partial charge in [0.05, 0.1) is 17.5 Å². The van der Waals surface area contributed by atoms with E-state index in [0.717, 1.165) is 43.5 Å². The number of fused-ring (bicyclic) bond motifs is 1. The van der Waals surface area contributed by atoms with Crippen molar-refractivity contribution in [2.45, 2.75) is 82.1 Å². The van der Waals surface area contributed by atoms with E-state index < -0.39 is 23.1 Å². The van der Waals surface area contributed by atoms with Crippen LogP contribution in [0.3, 0.4) is 0 Å². The highest BCUT2D eigenvalue weighted by atomic mass is 19.4. The first-order chi connectivity index (χ1) is 19.4. The Labute approximate surface area is 236 Å². The molecule has 7 rings (SSSR count). The van der Waals surface area contributed by atoms with E-state index in [2.05, 4.69) is 22.4 Å². The number of Topliss-reactive ketones (excluding diaryl/α,β-unsaturated/α-hetero) is 1. The first-order valence-electron chi connectivity index (χ1n) is 14.2. The summed E-state index contributed by atoms with van der Waals surface area (Å²) in [5, 5.41) is 11.9. The number of hydrogen-bond donors (Lipinski definition) is 1. The fourth-order valence-corrected chi connectivity index (χ4v) is 7.67. The third-order valence-corrected chi connectivity index (χ3v) is 9.93.